The first-order valence-electron chi connectivity index (χ1n) is 7.29. The molecule has 0 atom stereocenters. The third kappa shape index (κ3) is 3.81. The predicted octanol–water partition coefficient (Wildman–Crippen LogP) is 3.05. The molecule has 0 bridgehead atoms. The lowest BCUT2D eigenvalue weighted by molar-refractivity contribution is 0.405. The van der Waals surface area contributed by atoms with E-state index in [0.717, 1.165) is 24.0 Å². The van der Waals surface area contributed by atoms with Gasteiger partial charge in [0.2, 0.25) is 10.0 Å². The molecule has 0 aliphatic heterocycles. The lowest BCUT2D eigenvalue weighted by Gasteiger charge is -2.19. The SMILES string of the molecule is O=S(=O)(C=Cc1ccccc1)N(Cc1ccncc1)C1CC1. The maximum absolute atomic E-state index is 12.6. The molecule has 1 aliphatic carbocycles. The summed E-state index contributed by atoms with van der Waals surface area (Å²) in [5.41, 5.74) is 1.84. The molecule has 1 aromatic heterocycles. The summed E-state index contributed by atoms with van der Waals surface area (Å²) in [7, 11) is -3.42. The third-order valence-corrected chi connectivity index (χ3v) is 5.16. The Morgan fingerprint density at radius 3 is 2.41 bits per heavy atom. The quantitative estimate of drug-likeness (QED) is 0.823. The van der Waals surface area contributed by atoms with Crippen molar-refractivity contribution in [3.63, 3.8) is 0 Å². The molecule has 2 aromatic rings. The van der Waals surface area contributed by atoms with Crippen LogP contribution in [0.25, 0.3) is 6.08 Å². The Kier molecular flexibility index (Phi) is 4.36. The highest BCUT2D eigenvalue weighted by Gasteiger charge is 2.35. The average molecular weight is 314 g/mol. The van der Waals surface area contributed by atoms with Crippen molar-refractivity contribution < 1.29 is 8.42 Å². The van der Waals surface area contributed by atoms with Crippen LogP contribution in [0.3, 0.4) is 0 Å². The molecule has 0 saturated heterocycles. The predicted molar refractivity (Wildman–Crippen MR) is 87.2 cm³/mol. The number of nitrogens with zero attached hydrogens (tertiary/aromatic N) is 2. The number of rotatable bonds is 6. The Balaban J connectivity index is 1.80. The molecule has 22 heavy (non-hydrogen) atoms. The van der Waals surface area contributed by atoms with E-state index >= 15 is 0 Å². The summed E-state index contributed by atoms with van der Waals surface area (Å²) in [4.78, 5) is 3.97. The zero-order valence-electron chi connectivity index (χ0n) is 12.2. The van der Waals surface area contributed by atoms with E-state index in [2.05, 4.69) is 4.98 Å². The molecule has 5 heteroatoms. The maximum Gasteiger partial charge on any atom is 0.236 e. The van der Waals surface area contributed by atoms with Crippen molar-refractivity contribution in [1.29, 1.82) is 0 Å². The van der Waals surface area contributed by atoms with Crippen molar-refractivity contribution in [2.75, 3.05) is 0 Å². The molecule has 0 unspecified atom stereocenters. The van der Waals surface area contributed by atoms with Crippen molar-refractivity contribution in [3.8, 4) is 0 Å². The van der Waals surface area contributed by atoms with Crippen LogP contribution in [0.4, 0.5) is 0 Å². The second-order valence-corrected chi connectivity index (χ2v) is 7.16. The van der Waals surface area contributed by atoms with Gasteiger partial charge in [-0.05, 0) is 42.2 Å². The smallest absolute Gasteiger partial charge is 0.236 e. The Morgan fingerprint density at radius 2 is 1.77 bits per heavy atom. The van der Waals surface area contributed by atoms with Gasteiger partial charge in [-0.15, -0.1) is 0 Å². The van der Waals surface area contributed by atoms with E-state index in [1.165, 1.54) is 5.41 Å². The number of hydrogen-bond donors (Lipinski definition) is 0. The van der Waals surface area contributed by atoms with Crippen molar-refractivity contribution in [2.45, 2.75) is 25.4 Å². The fraction of sp³-hybridized carbons (Fsp3) is 0.235. The van der Waals surface area contributed by atoms with Crippen LogP contribution in [-0.4, -0.2) is 23.7 Å². The molecule has 3 rings (SSSR count). The summed E-state index contributed by atoms with van der Waals surface area (Å²) in [5, 5.41) is 1.31. The number of pyridine rings is 1. The third-order valence-electron chi connectivity index (χ3n) is 3.60. The molecule has 0 amide bonds. The van der Waals surface area contributed by atoms with E-state index < -0.39 is 10.0 Å². The first-order valence-corrected chi connectivity index (χ1v) is 8.79. The molecule has 1 aromatic carbocycles. The van der Waals surface area contributed by atoms with Crippen LogP contribution in [0.1, 0.15) is 24.0 Å². The molecule has 1 fully saturated rings. The van der Waals surface area contributed by atoms with Gasteiger partial charge in [-0.3, -0.25) is 4.98 Å². The molecule has 1 saturated carbocycles. The average Bonchev–Trinajstić information content (AvgIpc) is 3.37. The van der Waals surface area contributed by atoms with Gasteiger partial charge in [0.05, 0.1) is 0 Å². The van der Waals surface area contributed by atoms with E-state index in [4.69, 9.17) is 0 Å². The van der Waals surface area contributed by atoms with E-state index in [0.29, 0.717) is 6.54 Å². The number of benzene rings is 1. The highest BCUT2D eigenvalue weighted by Crippen LogP contribution is 2.31. The van der Waals surface area contributed by atoms with Crippen molar-refractivity contribution >= 4 is 16.1 Å². The maximum atomic E-state index is 12.6. The van der Waals surface area contributed by atoms with Crippen LogP contribution >= 0.6 is 0 Å². The zero-order valence-corrected chi connectivity index (χ0v) is 13.0. The summed E-state index contributed by atoms with van der Waals surface area (Å²) in [5.74, 6) is 0. The highest BCUT2D eigenvalue weighted by atomic mass is 32.2. The number of aromatic nitrogens is 1. The lowest BCUT2D eigenvalue weighted by atomic mass is 10.2. The van der Waals surface area contributed by atoms with Gasteiger partial charge < -0.3 is 0 Å². The van der Waals surface area contributed by atoms with E-state index in [1.807, 2.05) is 42.5 Å². The summed E-state index contributed by atoms with van der Waals surface area (Å²) >= 11 is 0. The lowest BCUT2D eigenvalue weighted by Crippen LogP contribution is -2.31. The zero-order chi connectivity index (χ0) is 15.4. The fourth-order valence-corrected chi connectivity index (χ4v) is 3.71. The molecule has 0 N–H and O–H groups in total. The molecule has 4 nitrogen and oxygen atoms in total. The topological polar surface area (TPSA) is 50.3 Å². The number of sulfonamides is 1. The second kappa shape index (κ2) is 6.42. The van der Waals surface area contributed by atoms with Gasteiger partial charge in [0.1, 0.15) is 0 Å². The normalized spacial score (nSPS) is 15.5. The summed E-state index contributed by atoms with van der Waals surface area (Å²) in [6.07, 6.45) is 6.89. The number of hydrogen-bond acceptors (Lipinski definition) is 3. The molecule has 1 heterocycles. The Labute approximate surface area is 131 Å². The van der Waals surface area contributed by atoms with E-state index in [-0.39, 0.29) is 6.04 Å². The highest BCUT2D eigenvalue weighted by molar-refractivity contribution is 7.92. The first-order chi connectivity index (χ1) is 10.6. The van der Waals surface area contributed by atoms with Crippen LogP contribution in [0.5, 0.6) is 0 Å². The van der Waals surface area contributed by atoms with Crippen molar-refractivity contribution in [2.24, 2.45) is 0 Å². The van der Waals surface area contributed by atoms with Crippen LogP contribution in [0.15, 0.2) is 60.3 Å². The van der Waals surface area contributed by atoms with Gasteiger partial charge in [-0.2, -0.15) is 4.31 Å². The van der Waals surface area contributed by atoms with Gasteiger partial charge in [0.25, 0.3) is 0 Å². The van der Waals surface area contributed by atoms with Crippen LogP contribution in [0, 0.1) is 0 Å². The monoisotopic (exact) mass is 314 g/mol. The van der Waals surface area contributed by atoms with Gasteiger partial charge in [-0.25, -0.2) is 8.42 Å². The van der Waals surface area contributed by atoms with Crippen molar-refractivity contribution in [3.05, 3.63) is 71.4 Å². The minimum absolute atomic E-state index is 0.124. The van der Waals surface area contributed by atoms with E-state index in [9.17, 15) is 8.42 Å². The van der Waals surface area contributed by atoms with Crippen LogP contribution in [-0.2, 0) is 16.6 Å². The largest absolute Gasteiger partial charge is 0.265 e. The van der Waals surface area contributed by atoms with Gasteiger partial charge in [0, 0.05) is 30.4 Å². The van der Waals surface area contributed by atoms with E-state index in [1.54, 1.807) is 22.8 Å². The molecule has 114 valence electrons. The van der Waals surface area contributed by atoms with Crippen LogP contribution < -0.4 is 0 Å². The van der Waals surface area contributed by atoms with Crippen molar-refractivity contribution in [1.82, 2.24) is 9.29 Å². The Hall–Kier alpha value is -1.98. The molecular weight excluding hydrogens is 296 g/mol. The molecule has 0 spiro atoms. The summed E-state index contributed by atoms with van der Waals surface area (Å²) < 4.78 is 26.8. The van der Waals surface area contributed by atoms with Crippen LogP contribution in [0.2, 0.25) is 0 Å². The summed E-state index contributed by atoms with van der Waals surface area (Å²) in [6.45, 7) is 0.397. The standard InChI is InChI=1S/C17H18N2O2S/c20-22(21,13-10-15-4-2-1-3-5-15)19(17-6-7-17)14-16-8-11-18-12-9-16/h1-5,8-13,17H,6-7,14H2. The first kappa shape index (κ1) is 14.9. The second-order valence-electron chi connectivity index (χ2n) is 5.39. The van der Waals surface area contributed by atoms with Gasteiger partial charge in [0.15, 0.2) is 0 Å². The fourth-order valence-electron chi connectivity index (χ4n) is 2.26. The van der Waals surface area contributed by atoms with Gasteiger partial charge >= 0.3 is 0 Å². The summed E-state index contributed by atoms with van der Waals surface area (Å²) in [6, 6.07) is 13.3. The molecule has 1 aliphatic rings. The Morgan fingerprint density at radius 1 is 1.09 bits per heavy atom. The minimum Gasteiger partial charge on any atom is -0.265 e. The molecular formula is C17H18N2O2S. The van der Waals surface area contributed by atoms with Gasteiger partial charge in [-0.1, -0.05) is 30.3 Å². The minimum atomic E-state index is -3.42. The Bertz CT molecular complexity index is 739. The molecule has 0 radical (unpaired) electrons.